The molecule has 0 bridgehead atoms. The minimum absolute atomic E-state index is 0.0782. The molecule has 0 saturated carbocycles. The highest BCUT2D eigenvalue weighted by Gasteiger charge is 2.44. The first-order valence-electron chi connectivity index (χ1n) is 14.9. The van der Waals surface area contributed by atoms with E-state index >= 15 is 0 Å². The van der Waals surface area contributed by atoms with E-state index in [2.05, 4.69) is 67.7 Å². The van der Waals surface area contributed by atoms with Crippen LogP contribution in [0.15, 0.2) is 24.3 Å². The fourth-order valence-corrected chi connectivity index (χ4v) is 10.2. The molecule has 232 valence electrons. The second kappa shape index (κ2) is 15.1. The van der Waals surface area contributed by atoms with Gasteiger partial charge < -0.3 is 23.4 Å². The van der Waals surface area contributed by atoms with Gasteiger partial charge in [0.15, 0.2) is 16.6 Å². The van der Waals surface area contributed by atoms with E-state index in [-0.39, 0.29) is 20.3 Å². The number of aliphatic hydroxyl groups excluding tert-OH is 1. The third-order valence-electron chi connectivity index (χ3n) is 8.82. The Morgan fingerprint density at radius 1 is 0.900 bits per heavy atom. The highest BCUT2D eigenvalue weighted by molar-refractivity contribution is 8.18. The summed E-state index contributed by atoms with van der Waals surface area (Å²) >= 11 is 4.03. The van der Waals surface area contributed by atoms with Crippen molar-refractivity contribution in [2.24, 2.45) is 0 Å². The van der Waals surface area contributed by atoms with Gasteiger partial charge in [0.1, 0.15) is 5.75 Å². The van der Waals surface area contributed by atoms with Crippen molar-refractivity contribution in [1.29, 1.82) is 0 Å². The molecule has 0 unspecified atom stereocenters. The molecular weight excluding hydrogens is 573 g/mol. The van der Waals surface area contributed by atoms with Crippen LogP contribution in [0.3, 0.4) is 0 Å². The molecule has 0 aromatic heterocycles. The van der Waals surface area contributed by atoms with Crippen molar-refractivity contribution in [3.63, 3.8) is 0 Å². The van der Waals surface area contributed by atoms with Crippen LogP contribution in [-0.4, -0.2) is 69.9 Å². The lowest BCUT2D eigenvalue weighted by Gasteiger charge is -2.44. The molecule has 5 nitrogen and oxygen atoms in total. The lowest BCUT2D eigenvalue weighted by molar-refractivity contribution is 0.0207. The van der Waals surface area contributed by atoms with E-state index < -0.39 is 22.7 Å². The lowest BCUT2D eigenvalue weighted by atomic mass is 10.1. The van der Waals surface area contributed by atoms with Crippen LogP contribution in [0.5, 0.6) is 5.75 Å². The molecule has 2 atom stereocenters. The molecule has 1 N–H and O–H groups in total. The van der Waals surface area contributed by atoms with E-state index in [0.717, 1.165) is 42.3 Å². The number of thioether (sulfide) groups is 2. The Bertz CT molecular complexity index is 875. The molecule has 1 fully saturated rings. The average Bonchev–Trinajstić information content (AvgIpc) is 2.83. The topological polar surface area (TPSA) is 57.2 Å². The number of hydrogen-bond donors (Lipinski definition) is 1. The molecule has 0 amide bonds. The van der Waals surface area contributed by atoms with Crippen LogP contribution in [0, 0.1) is 0 Å². The van der Waals surface area contributed by atoms with Gasteiger partial charge in [-0.1, -0.05) is 53.7 Å². The van der Waals surface area contributed by atoms with Gasteiger partial charge in [-0.2, -0.15) is 0 Å². The molecule has 1 aliphatic rings. The number of ether oxygens (including phenoxy) is 2. The predicted molar refractivity (Wildman–Crippen MR) is 180 cm³/mol. The van der Waals surface area contributed by atoms with E-state index in [9.17, 15) is 5.11 Å². The maximum atomic E-state index is 11.2. The molecule has 1 aliphatic heterocycles. The van der Waals surface area contributed by atoms with Crippen molar-refractivity contribution in [3.05, 3.63) is 29.8 Å². The van der Waals surface area contributed by atoms with Crippen LogP contribution in [0.4, 0.5) is 0 Å². The number of hydrogen-bond acceptors (Lipinski definition) is 7. The van der Waals surface area contributed by atoms with Gasteiger partial charge in [-0.3, -0.25) is 0 Å². The highest BCUT2D eigenvalue weighted by atomic mass is 32.2. The Morgan fingerprint density at radius 3 is 2.00 bits per heavy atom. The second-order valence-corrected chi connectivity index (χ2v) is 27.1. The van der Waals surface area contributed by atoms with Gasteiger partial charge in [0.25, 0.3) is 0 Å². The van der Waals surface area contributed by atoms with Crippen LogP contribution in [0.25, 0.3) is 0 Å². The fourth-order valence-electron chi connectivity index (χ4n) is 4.19. The summed E-state index contributed by atoms with van der Waals surface area (Å²) in [6.45, 7) is 24.7. The maximum Gasteiger partial charge on any atom is 0.192 e. The monoisotopic (exact) mass is 630 g/mol. The molecule has 1 saturated heterocycles. The summed E-state index contributed by atoms with van der Waals surface area (Å²) in [6.07, 6.45) is 3.32. The molecule has 0 radical (unpaired) electrons. The normalized spacial score (nSPS) is 18.4. The van der Waals surface area contributed by atoms with Crippen molar-refractivity contribution in [2.45, 2.75) is 126 Å². The SMILES string of the molecule is COc1ccc(COC[C@@H](O)CC2(C[C@H](CCO[Si](C)(C)C(C)(C)C)O[Si](C)(C)C(C)(C)C)SCCCS2)cc1. The van der Waals surface area contributed by atoms with Crippen molar-refractivity contribution < 1.29 is 23.4 Å². The summed E-state index contributed by atoms with van der Waals surface area (Å²) < 4.78 is 24.8. The summed E-state index contributed by atoms with van der Waals surface area (Å²) in [5.74, 6) is 3.08. The minimum atomic E-state index is -1.98. The first kappa shape index (κ1) is 36.2. The second-order valence-electron chi connectivity index (χ2n) is 14.3. The van der Waals surface area contributed by atoms with Crippen molar-refractivity contribution in [2.75, 3.05) is 31.8 Å². The summed E-state index contributed by atoms with van der Waals surface area (Å²) in [7, 11) is -2.14. The first-order chi connectivity index (χ1) is 18.4. The average molecular weight is 631 g/mol. The molecule has 1 aromatic rings. The Kier molecular flexibility index (Phi) is 13.7. The summed E-state index contributed by atoms with van der Waals surface area (Å²) in [4.78, 5) is 0. The molecule has 1 aromatic carbocycles. The predicted octanol–water partition coefficient (Wildman–Crippen LogP) is 8.72. The van der Waals surface area contributed by atoms with E-state index in [1.165, 1.54) is 6.42 Å². The summed E-state index contributed by atoms with van der Waals surface area (Å²) in [6, 6.07) is 7.90. The summed E-state index contributed by atoms with van der Waals surface area (Å²) in [5.41, 5.74) is 1.08. The van der Waals surface area contributed by atoms with E-state index in [0.29, 0.717) is 19.6 Å². The van der Waals surface area contributed by atoms with Crippen molar-refractivity contribution in [1.82, 2.24) is 0 Å². The molecular formula is C31H58O5S2Si2. The van der Waals surface area contributed by atoms with Gasteiger partial charge in [0.2, 0.25) is 0 Å². The van der Waals surface area contributed by atoms with E-state index in [4.69, 9.17) is 18.3 Å². The van der Waals surface area contributed by atoms with Gasteiger partial charge in [0, 0.05) is 12.7 Å². The Balaban J connectivity index is 2.10. The number of benzene rings is 1. The molecule has 40 heavy (non-hydrogen) atoms. The standard InChI is InChI=1S/C31H58O5S2Si2/c1-29(2,3)39(8,9)35-18-17-28(36-40(10,11)30(4,5)6)22-31(37-19-12-20-38-31)21-26(32)24-34-23-25-13-15-27(33-7)16-14-25/h13-16,26,28,32H,12,17-24H2,1-11H3/t26-,28-/m0/s1. The van der Waals surface area contributed by atoms with Crippen molar-refractivity contribution >= 4 is 40.2 Å². The number of methoxy groups -OCH3 is 1. The molecule has 2 rings (SSSR count). The largest absolute Gasteiger partial charge is 0.497 e. The third-order valence-corrected chi connectivity index (χ3v) is 21.3. The number of rotatable bonds is 15. The van der Waals surface area contributed by atoms with Gasteiger partial charge >= 0.3 is 0 Å². The Hall–Kier alpha value is -0.00623. The Labute approximate surface area is 256 Å². The van der Waals surface area contributed by atoms with Crippen LogP contribution in [0.1, 0.15) is 72.8 Å². The highest BCUT2D eigenvalue weighted by Crippen LogP contribution is 2.50. The molecule has 0 spiro atoms. The Morgan fingerprint density at radius 2 is 1.48 bits per heavy atom. The van der Waals surface area contributed by atoms with E-state index in [1.54, 1.807) is 7.11 Å². The zero-order chi connectivity index (χ0) is 30.2. The maximum absolute atomic E-state index is 11.2. The molecule has 1 heterocycles. The summed E-state index contributed by atoms with van der Waals surface area (Å²) in [5, 5.41) is 11.5. The number of aliphatic hydroxyl groups is 1. The van der Waals surface area contributed by atoms with Gasteiger partial charge in [-0.15, -0.1) is 23.5 Å². The molecule has 0 aliphatic carbocycles. The van der Waals surface area contributed by atoms with Gasteiger partial charge in [-0.05, 0) is 91.1 Å². The first-order valence-corrected chi connectivity index (χ1v) is 22.7. The zero-order valence-electron chi connectivity index (χ0n) is 27.2. The van der Waals surface area contributed by atoms with Crippen LogP contribution >= 0.6 is 23.5 Å². The third kappa shape index (κ3) is 11.2. The van der Waals surface area contributed by atoms with Crippen LogP contribution in [0.2, 0.25) is 36.3 Å². The molecule has 9 heteroatoms. The van der Waals surface area contributed by atoms with Crippen LogP contribution in [-0.2, 0) is 20.2 Å². The van der Waals surface area contributed by atoms with Gasteiger partial charge in [0.05, 0.1) is 30.5 Å². The quantitative estimate of drug-likeness (QED) is 0.195. The van der Waals surface area contributed by atoms with E-state index in [1.807, 2.05) is 47.8 Å². The fraction of sp³-hybridized carbons (Fsp3) is 0.806. The smallest absolute Gasteiger partial charge is 0.192 e. The van der Waals surface area contributed by atoms with Crippen LogP contribution < -0.4 is 4.74 Å². The zero-order valence-corrected chi connectivity index (χ0v) is 30.9. The minimum Gasteiger partial charge on any atom is -0.497 e. The lowest BCUT2D eigenvalue weighted by Crippen LogP contribution is -2.47. The van der Waals surface area contributed by atoms with Crippen molar-refractivity contribution in [3.8, 4) is 5.75 Å². The van der Waals surface area contributed by atoms with Gasteiger partial charge in [-0.25, -0.2) is 0 Å².